The highest BCUT2D eigenvalue weighted by Crippen LogP contribution is 2.32. The van der Waals surface area contributed by atoms with Gasteiger partial charge in [-0.3, -0.25) is 4.79 Å². The minimum absolute atomic E-state index is 0.0344. The molecule has 5 heteroatoms. The lowest BCUT2D eigenvalue weighted by molar-refractivity contribution is -0.136. The van der Waals surface area contributed by atoms with Crippen LogP contribution in [0, 0.1) is 5.41 Å². The molecule has 1 aromatic rings. The third kappa shape index (κ3) is 3.28. The summed E-state index contributed by atoms with van der Waals surface area (Å²) in [4.78, 5) is 14.7. The largest absolute Gasteiger partial charge is 0.481 e. The van der Waals surface area contributed by atoms with E-state index in [4.69, 9.17) is 10.8 Å². The summed E-state index contributed by atoms with van der Waals surface area (Å²) < 4.78 is 0. The topological polar surface area (TPSA) is 76.2 Å². The molecule has 0 saturated carbocycles. The second-order valence-corrected chi connectivity index (χ2v) is 5.48. The number of aliphatic carboxylic acids is 1. The normalized spacial score (nSPS) is 13.9. The summed E-state index contributed by atoms with van der Waals surface area (Å²) in [6, 6.07) is -0.148. The van der Waals surface area contributed by atoms with Crippen LogP contribution in [0.15, 0.2) is 5.38 Å². The molecule has 15 heavy (non-hydrogen) atoms. The summed E-state index contributed by atoms with van der Waals surface area (Å²) in [5, 5.41) is 11.2. The van der Waals surface area contributed by atoms with Crippen molar-refractivity contribution in [2.45, 2.75) is 33.2 Å². The molecule has 0 amide bonds. The van der Waals surface area contributed by atoms with Gasteiger partial charge in [-0.1, -0.05) is 20.8 Å². The minimum atomic E-state index is -0.865. The van der Waals surface area contributed by atoms with E-state index < -0.39 is 5.97 Å². The van der Waals surface area contributed by atoms with Gasteiger partial charge in [0, 0.05) is 5.38 Å². The van der Waals surface area contributed by atoms with Crippen molar-refractivity contribution in [1.82, 2.24) is 4.98 Å². The van der Waals surface area contributed by atoms with Crippen LogP contribution in [0.25, 0.3) is 0 Å². The summed E-state index contributed by atoms with van der Waals surface area (Å²) in [5.41, 5.74) is 6.54. The van der Waals surface area contributed by atoms with E-state index in [1.807, 2.05) is 20.8 Å². The van der Waals surface area contributed by atoms with Crippen LogP contribution >= 0.6 is 11.3 Å². The smallest absolute Gasteiger partial charge is 0.309 e. The second kappa shape index (κ2) is 4.28. The molecule has 0 saturated heterocycles. The van der Waals surface area contributed by atoms with Gasteiger partial charge < -0.3 is 10.8 Å². The van der Waals surface area contributed by atoms with Crippen molar-refractivity contribution in [3.8, 4) is 0 Å². The minimum Gasteiger partial charge on any atom is -0.481 e. The Morgan fingerprint density at radius 2 is 2.27 bits per heavy atom. The molecule has 0 aliphatic carbocycles. The molecule has 0 aromatic carbocycles. The van der Waals surface area contributed by atoms with Gasteiger partial charge in [0.05, 0.1) is 18.2 Å². The van der Waals surface area contributed by atoms with E-state index in [1.54, 1.807) is 5.38 Å². The van der Waals surface area contributed by atoms with Crippen LogP contribution in [0.2, 0.25) is 0 Å². The monoisotopic (exact) mass is 228 g/mol. The third-order valence-electron chi connectivity index (χ3n) is 2.10. The lowest BCUT2D eigenvalue weighted by atomic mass is 9.88. The van der Waals surface area contributed by atoms with E-state index in [2.05, 4.69) is 4.98 Å². The molecular weight excluding hydrogens is 212 g/mol. The molecule has 0 radical (unpaired) electrons. The molecule has 1 unspecified atom stereocenters. The molecule has 0 aliphatic heterocycles. The fourth-order valence-electron chi connectivity index (χ4n) is 1.07. The number of thiazole rings is 1. The highest BCUT2D eigenvalue weighted by Gasteiger charge is 2.25. The Bertz CT molecular complexity index is 355. The van der Waals surface area contributed by atoms with Gasteiger partial charge >= 0.3 is 5.97 Å². The number of nitrogens with zero attached hydrogens (tertiary/aromatic N) is 1. The SMILES string of the molecule is CC(C)(C)C(N)c1nc(CC(=O)O)cs1. The fourth-order valence-corrected chi connectivity index (χ4v) is 2.13. The zero-order valence-electron chi connectivity index (χ0n) is 9.15. The summed E-state index contributed by atoms with van der Waals surface area (Å²) in [7, 11) is 0. The Morgan fingerprint density at radius 1 is 1.67 bits per heavy atom. The number of hydrogen-bond acceptors (Lipinski definition) is 4. The van der Waals surface area contributed by atoms with Crippen molar-refractivity contribution in [2.75, 3.05) is 0 Å². The molecule has 1 heterocycles. The van der Waals surface area contributed by atoms with Crippen LogP contribution in [-0.4, -0.2) is 16.1 Å². The highest BCUT2D eigenvalue weighted by molar-refractivity contribution is 7.09. The number of carboxylic acids is 1. The van der Waals surface area contributed by atoms with Crippen molar-refractivity contribution in [3.05, 3.63) is 16.1 Å². The number of carbonyl (C=O) groups is 1. The van der Waals surface area contributed by atoms with Crippen LogP contribution in [0.1, 0.15) is 37.5 Å². The van der Waals surface area contributed by atoms with Gasteiger partial charge in [-0.05, 0) is 5.41 Å². The lowest BCUT2D eigenvalue weighted by Crippen LogP contribution is -2.26. The molecule has 3 N–H and O–H groups in total. The van der Waals surface area contributed by atoms with Crippen LogP contribution in [0.5, 0.6) is 0 Å². The zero-order valence-corrected chi connectivity index (χ0v) is 9.97. The Kier molecular flexibility index (Phi) is 3.46. The fraction of sp³-hybridized carbons (Fsp3) is 0.600. The molecule has 84 valence electrons. The van der Waals surface area contributed by atoms with Gasteiger partial charge in [0.15, 0.2) is 0 Å². The van der Waals surface area contributed by atoms with Crippen molar-refractivity contribution >= 4 is 17.3 Å². The standard InChI is InChI=1S/C10H16N2O2S/c1-10(2,3)8(11)9-12-6(5-15-9)4-7(13)14/h5,8H,4,11H2,1-3H3,(H,13,14). The third-order valence-corrected chi connectivity index (χ3v) is 3.08. The first-order valence-corrected chi connectivity index (χ1v) is 5.60. The highest BCUT2D eigenvalue weighted by atomic mass is 32.1. The summed E-state index contributed by atoms with van der Waals surface area (Å²) in [6.07, 6.45) is -0.0344. The molecule has 0 bridgehead atoms. The maximum Gasteiger partial charge on any atom is 0.309 e. The maximum absolute atomic E-state index is 10.5. The molecule has 0 fully saturated rings. The van der Waals surface area contributed by atoms with Crippen LogP contribution in [0.4, 0.5) is 0 Å². The average Bonchev–Trinajstić information content (AvgIpc) is 2.48. The van der Waals surface area contributed by atoms with E-state index in [9.17, 15) is 4.79 Å². The van der Waals surface area contributed by atoms with E-state index in [1.165, 1.54) is 11.3 Å². The first-order valence-electron chi connectivity index (χ1n) is 4.72. The van der Waals surface area contributed by atoms with Crippen LogP contribution in [0.3, 0.4) is 0 Å². The number of aromatic nitrogens is 1. The number of carboxylic acid groups (broad SMARTS) is 1. The predicted octanol–water partition coefficient (Wildman–Crippen LogP) is 1.82. The Hall–Kier alpha value is -0.940. The van der Waals surface area contributed by atoms with E-state index in [0.717, 1.165) is 5.01 Å². The number of nitrogens with two attached hydrogens (primary N) is 1. The molecule has 1 rings (SSSR count). The van der Waals surface area contributed by atoms with Gasteiger partial charge in [0.25, 0.3) is 0 Å². The van der Waals surface area contributed by atoms with Crippen molar-refractivity contribution in [2.24, 2.45) is 11.1 Å². The second-order valence-electron chi connectivity index (χ2n) is 4.59. The predicted molar refractivity (Wildman–Crippen MR) is 59.8 cm³/mol. The van der Waals surface area contributed by atoms with Gasteiger partial charge in [-0.15, -0.1) is 11.3 Å². The molecule has 0 spiro atoms. The zero-order chi connectivity index (χ0) is 11.6. The first-order chi connectivity index (χ1) is 6.80. The molecule has 1 atom stereocenters. The average molecular weight is 228 g/mol. The summed E-state index contributed by atoms with van der Waals surface area (Å²) >= 11 is 1.43. The Labute approximate surface area is 93.1 Å². The Morgan fingerprint density at radius 3 is 2.73 bits per heavy atom. The van der Waals surface area contributed by atoms with Crippen LogP contribution < -0.4 is 5.73 Å². The summed E-state index contributed by atoms with van der Waals surface area (Å²) in [6.45, 7) is 6.11. The van der Waals surface area contributed by atoms with E-state index in [-0.39, 0.29) is 17.9 Å². The first kappa shape index (κ1) is 12.1. The van der Waals surface area contributed by atoms with Crippen molar-refractivity contribution in [1.29, 1.82) is 0 Å². The maximum atomic E-state index is 10.5. The van der Waals surface area contributed by atoms with E-state index in [0.29, 0.717) is 5.69 Å². The van der Waals surface area contributed by atoms with Gasteiger partial charge in [-0.2, -0.15) is 0 Å². The molecule has 4 nitrogen and oxygen atoms in total. The number of hydrogen-bond donors (Lipinski definition) is 2. The summed E-state index contributed by atoms with van der Waals surface area (Å²) in [5.74, 6) is -0.865. The molecule has 1 aromatic heterocycles. The van der Waals surface area contributed by atoms with Crippen molar-refractivity contribution < 1.29 is 9.90 Å². The van der Waals surface area contributed by atoms with E-state index >= 15 is 0 Å². The quantitative estimate of drug-likeness (QED) is 0.827. The lowest BCUT2D eigenvalue weighted by Gasteiger charge is -2.24. The number of rotatable bonds is 3. The van der Waals surface area contributed by atoms with Gasteiger partial charge in [0.1, 0.15) is 5.01 Å². The van der Waals surface area contributed by atoms with Crippen LogP contribution in [-0.2, 0) is 11.2 Å². The Balaban J connectivity index is 2.80. The van der Waals surface area contributed by atoms with Gasteiger partial charge in [-0.25, -0.2) is 4.98 Å². The molecular formula is C10H16N2O2S. The van der Waals surface area contributed by atoms with Crippen molar-refractivity contribution in [3.63, 3.8) is 0 Å². The molecule has 0 aliphatic rings. The van der Waals surface area contributed by atoms with Gasteiger partial charge in [0.2, 0.25) is 0 Å².